The molecule has 13 rings (SSSR count). The van der Waals surface area contributed by atoms with Gasteiger partial charge in [0.25, 0.3) is 0 Å². The first-order chi connectivity index (χ1) is 33.7. The van der Waals surface area contributed by atoms with Crippen LogP contribution in [0.4, 0.5) is 34.1 Å². The highest BCUT2D eigenvalue weighted by molar-refractivity contribution is 6.14. The van der Waals surface area contributed by atoms with Crippen LogP contribution in [0.5, 0.6) is 0 Å². The number of furan rings is 2. The van der Waals surface area contributed by atoms with E-state index in [-0.39, 0.29) is 0 Å². The summed E-state index contributed by atoms with van der Waals surface area (Å²) in [4.78, 5) is 4.67. The van der Waals surface area contributed by atoms with Crippen molar-refractivity contribution in [2.24, 2.45) is 0 Å². The SMILES string of the molecule is c1ccc(-c2ccc(N(c3ccc(-c4ccccc4)cc3)c3ccc(-c4ccc(N(c5cccc6c5oc5ccccc56)c5cccc6c5oc5ccccc56)cc4)c4ccccc34)cc2)cc1. The van der Waals surface area contributed by atoms with Gasteiger partial charge in [0.05, 0.1) is 17.1 Å². The van der Waals surface area contributed by atoms with Crippen molar-refractivity contribution in [2.45, 2.75) is 0 Å². The van der Waals surface area contributed by atoms with E-state index in [2.05, 4.69) is 240 Å². The molecule has 320 valence electrons. The lowest BCUT2D eigenvalue weighted by molar-refractivity contribution is 0.666. The Morgan fingerprint density at radius 2 is 0.603 bits per heavy atom. The highest BCUT2D eigenvalue weighted by atomic mass is 16.3. The smallest absolute Gasteiger partial charge is 0.159 e. The first-order valence-electron chi connectivity index (χ1n) is 23.1. The van der Waals surface area contributed by atoms with Crippen molar-refractivity contribution in [3.63, 3.8) is 0 Å². The van der Waals surface area contributed by atoms with Crippen molar-refractivity contribution >= 4 is 88.8 Å². The average Bonchev–Trinajstić information content (AvgIpc) is 4.00. The van der Waals surface area contributed by atoms with Crippen molar-refractivity contribution in [1.29, 1.82) is 0 Å². The van der Waals surface area contributed by atoms with Gasteiger partial charge in [-0.05, 0) is 105 Å². The first kappa shape index (κ1) is 39.3. The second-order valence-electron chi connectivity index (χ2n) is 17.2. The molecule has 0 bridgehead atoms. The van der Waals surface area contributed by atoms with Crippen molar-refractivity contribution in [1.82, 2.24) is 0 Å². The summed E-state index contributed by atoms with van der Waals surface area (Å²) >= 11 is 0. The van der Waals surface area contributed by atoms with E-state index < -0.39 is 0 Å². The Bertz CT molecular complexity index is 3750. The zero-order chi connectivity index (χ0) is 45.0. The largest absolute Gasteiger partial charge is 0.454 e. The normalized spacial score (nSPS) is 11.5. The van der Waals surface area contributed by atoms with E-state index in [0.29, 0.717) is 0 Å². The molecule has 0 radical (unpaired) electrons. The third kappa shape index (κ3) is 6.69. The van der Waals surface area contributed by atoms with E-state index in [4.69, 9.17) is 8.83 Å². The van der Waals surface area contributed by atoms with E-state index in [1.165, 1.54) is 27.6 Å². The number of anilines is 6. The molecule has 2 aromatic heterocycles. The fraction of sp³-hybridized carbons (Fsp3) is 0. The monoisotopic (exact) mass is 870 g/mol. The lowest BCUT2D eigenvalue weighted by atomic mass is 9.95. The average molecular weight is 871 g/mol. The summed E-state index contributed by atoms with van der Waals surface area (Å²) in [5.41, 5.74) is 16.5. The molecule has 0 saturated heterocycles. The van der Waals surface area contributed by atoms with Crippen LogP contribution in [0.15, 0.2) is 264 Å². The second kappa shape index (κ2) is 16.4. The first-order valence-corrected chi connectivity index (χ1v) is 23.1. The summed E-state index contributed by atoms with van der Waals surface area (Å²) in [6.07, 6.45) is 0. The van der Waals surface area contributed by atoms with Crippen LogP contribution in [0.3, 0.4) is 0 Å². The predicted octanol–water partition coefficient (Wildman–Crippen LogP) is 18.6. The summed E-state index contributed by atoms with van der Waals surface area (Å²) in [5, 5.41) is 6.63. The third-order valence-electron chi connectivity index (χ3n) is 13.3. The molecule has 0 fully saturated rings. The zero-order valence-electron chi connectivity index (χ0n) is 37.0. The summed E-state index contributed by atoms with van der Waals surface area (Å²) in [6.45, 7) is 0. The number of para-hydroxylation sites is 4. The van der Waals surface area contributed by atoms with Crippen molar-refractivity contribution < 1.29 is 8.83 Å². The molecule has 4 nitrogen and oxygen atoms in total. The van der Waals surface area contributed by atoms with Crippen LogP contribution in [0.1, 0.15) is 0 Å². The molecular formula is C64H42N2O2. The molecule has 0 spiro atoms. The van der Waals surface area contributed by atoms with E-state index in [1.54, 1.807) is 0 Å². The second-order valence-corrected chi connectivity index (χ2v) is 17.2. The lowest BCUT2D eigenvalue weighted by Crippen LogP contribution is -2.11. The van der Waals surface area contributed by atoms with E-state index in [0.717, 1.165) is 94.5 Å². The summed E-state index contributed by atoms with van der Waals surface area (Å²) in [5.74, 6) is 0. The summed E-state index contributed by atoms with van der Waals surface area (Å²) < 4.78 is 13.4. The molecule has 4 heteroatoms. The molecule has 68 heavy (non-hydrogen) atoms. The predicted molar refractivity (Wildman–Crippen MR) is 284 cm³/mol. The van der Waals surface area contributed by atoms with Gasteiger partial charge in [-0.2, -0.15) is 0 Å². The fourth-order valence-corrected chi connectivity index (χ4v) is 10.0. The molecule has 0 unspecified atom stereocenters. The molecule has 13 aromatic rings. The van der Waals surface area contributed by atoms with E-state index in [1.807, 2.05) is 24.3 Å². The summed E-state index contributed by atoms with van der Waals surface area (Å²) in [6, 6.07) is 90.5. The Morgan fingerprint density at radius 1 is 0.221 bits per heavy atom. The number of hydrogen-bond donors (Lipinski definition) is 0. The Kier molecular flexibility index (Phi) is 9.47. The lowest BCUT2D eigenvalue weighted by Gasteiger charge is -2.28. The molecule has 11 aromatic carbocycles. The van der Waals surface area contributed by atoms with Gasteiger partial charge in [-0.3, -0.25) is 0 Å². The van der Waals surface area contributed by atoms with Gasteiger partial charge in [-0.25, -0.2) is 0 Å². The van der Waals surface area contributed by atoms with Gasteiger partial charge in [0, 0.05) is 44.0 Å². The standard InChI is InChI=1S/C64H42N2O2/c1-3-15-43(16-4-1)45-29-35-48(36-30-45)65(49-37-31-46(32-38-49)44-17-5-2-6-18-44)58-42-41-51(52-19-7-8-20-53(52)58)47-33-39-50(40-34-47)66(59-25-13-23-56-54-21-9-11-27-61(54)67-63(56)59)60-26-14-24-57-55-22-10-12-28-62(55)68-64(57)60/h1-42H. The van der Waals surface area contributed by atoms with Gasteiger partial charge in [-0.15, -0.1) is 0 Å². The maximum Gasteiger partial charge on any atom is 0.159 e. The topological polar surface area (TPSA) is 32.8 Å². The maximum atomic E-state index is 6.69. The van der Waals surface area contributed by atoms with Crippen LogP contribution in [0, 0.1) is 0 Å². The number of hydrogen-bond acceptors (Lipinski definition) is 4. The third-order valence-corrected chi connectivity index (χ3v) is 13.3. The highest BCUT2D eigenvalue weighted by Crippen LogP contribution is 2.47. The highest BCUT2D eigenvalue weighted by Gasteiger charge is 2.24. The van der Waals surface area contributed by atoms with Crippen LogP contribution in [-0.4, -0.2) is 0 Å². The fourth-order valence-electron chi connectivity index (χ4n) is 10.0. The van der Waals surface area contributed by atoms with Gasteiger partial charge in [0.2, 0.25) is 0 Å². The molecule has 0 saturated carbocycles. The van der Waals surface area contributed by atoms with Gasteiger partial charge in [-0.1, -0.05) is 188 Å². The summed E-state index contributed by atoms with van der Waals surface area (Å²) in [7, 11) is 0. The molecular weight excluding hydrogens is 829 g/mol. The Hall–Kier alpha value is -9.12. The molecule has 2 heterocycles. The molecule has 0 aliphatic carbocycles. The van der Waals surface area contributed by atoms with Crippen LogP contribution in [0.2, 0.25) is 0 Å². The number of benzene rings is 11. The quantitative estimate of drug-likeness (QED) is 0.145. The molecule has 0 N–H and O–H groups in total. The Labute approximate surface area is 393 Å². The molecule has 0 aliphatic rings. The van der Waals surface area contributed by atoms with Crippen molar-refractivity contribution in [3.8, 4) is 33.4 Å². The molecule has 0 amide bonds. The van der Waals surface area contributed by atoms with Crippen molar-refractivity contribution in [3.05, 3.63) is 255 Å². The van der Waals surface area contributed by atoms with Gasteiger partial charge in [0.1, 0.15) is 11.2 Å². The van der Waals surface area contributed by atoms with E-state index in [9.17, 15) is 0 Å². The minimum Gasteiger partial charge on any atom is -0.454 e. The van der Waals surface area contributed by atoms with Crippen LogP contribution < -0.4 is 9.80 Å². The van der Waals surface area contributed by atoms with E-state index >= 15 is 0 Å². The number of nitrogens with zero attached hydrogens (tertiary/aromatic N) is 2. The molecule has 0 atom stereocenters. The van der Waals surface area contributed by atoms with Crippen LogP contribution in [0.25, 0.3) is 88.0 Å². The van der Waals surface area contributed by atoms with Gasteiger partial charge in [0.15, 0.2) is 11.2 Å². The maximum absolute atomic E-state index is 6.69. The minimum atomic E-state index is 0.821. The number of fused-ring (bicyclic) bond motifs is 7. The van der Waals surface area contributed by atoms with Crippen LogP contribution in [-0.2, 0) is 0 Å². The number of rotatable bonds is 9. The minimum absolute atomic E-state index is 0.821. The molecule has 0 aliphatic heterocycles. The van der Waals surface area contributed by atoms with Crippen molar-refractivity contribution in [2.75, 3.05) is 9.80 Å². The van der Waals surface area contributed by atoms with Crippen LogP contribution >= 0.6 is 0 Å². The van der Waals surface area contributed by atoms with Gasteiger partial charge >= 0.3 is 0 Å². The van der Waals surface area contributed by atoms with Gasteiger partial charge < -0.3 is 18.6 Å². The zero-order valence-corrected chi connectivity index (χ0v) is 37.0. The Morgan fingerprint density at radius 3 is 1.10 bits per heavy atom. The Balaban J connectivity index is 0.938.